The highest BCUT2D eigenvalue weighted by atomic mass is 19.1. The van der Waals surface area contributed by atoms with E-state index in [-0.39, 0.29) is 18.2 Å². The maximum atomic E-state index is 13.8. The van der Waals surface area contributed by atoms with E-state index < -0.39 is 0 Å². The third-order valence-corrected chi connectivity index (χ3v) is 2.70. The van der Waals surface area contributed by atoms with Gasteiger partial charge in [0.05, 0.1) is 5.69 Å². The molecule has 0 spiro atoms. The third-order valence-electron chi connectivity index (χ3n) is 2.70. The molecule has 19 heavy (non-hydrogen) atoms. The number of rotatable bonds is 5. The fourth-order valence-corrected chi connectivity index (χ4v) is 1.81. The number of hydrogen-bond donors (Lipinski definition) is 1. The van der Waals surface area contributed by atoms with Gasteiger partial charge < -0.3 is 10.1 Å². The van der Waals surface area contributed by atoms with E-state index in [1.165, 1.54) is 6.07 Å². The predicted octanol–water partition coefficient (Wildman–Crippen LogP) is 2.83. The summed E-state index contributed by atoms with van der Waals surface area (Å²) in [5.74, 6) is -0.0939. The zero-order valence-corrected chi connectivity index (χ0v) is 11.1. The lowest BCUT2D eigenvalue weighted by Crippen LogP contribution is -2.06. The molecule has 1 aromatic heterocycles. The Bertz CT molecular complexity index is 558. The summed E-state index contributed by atoms with van der Waals surface area (Å²) in [6.45, 7) is 2.82. The number of aryl methyl sites for hydroxylation is 1. The fourth-order valence-electron chi connectivity index (χ4n) is 1.81. The van der Waals surface area contributed by atoms with Gasteiger partial charge >= 0.3 is 0 Å². The molecule has 0 aliphatic rings. The summed E-state index contributed by atoms with van der Waals surface area (Å²) in [7, 11) is 1.83. The maximum Gasteiger partial charge on any atom is 0.165 e. The summed E-state index contributed by atoms with van der Waals surface area (Å²) < 4.78 is 19.2. The molecule has 2 aromatic rings. The van der Waals surface area contributed by atoms with Crippen molar-refractivity contribution in [1.82, 2.24) is 10.3 Å². The molecule has 100 valence electrons. The van der Waals surface area contributed by atoms with Crippen molar-refractivity contribution in [3.8, 4) is 5.75 Å². The molecular weight excluding hydrogens is 243 g/mol. The molecule has 0 radical (unpaired) electrons. The highest BCUT2D eigenvalue weighted by molar-refractivity contribution is 5.29. The topological polar surface area (TPSA) is 34.1 Å². The van der Waals surface area contributed by atoms with Crippen LogP contribution in [0.2, 0.25) is 0 Å². The molecule has 0 unspecified atom stereocenters. The molecule has 0 bridgehead atoms. The van der Waals surface area contributed by atoms with Crippen molar-refractivity contribution in [2.45, 2.75) is 20.1 Å². The molecule has 3 nitrogen and oxygen atoms in total. The Morgan fingerprint density at radius 1 is 1.26 bits per heavy atom. The van der Waals surface area contributed by atoms with Crippen LogP contribution >= 0.6 is 0 Å². The molecular formula is C15H17FN2O. The molecule has 4 heteroatoms. The van der Waals surface area contributed by atoms with Crippen molar-refractivity contribution < 1.29 is 9.13 Å². The lowest BCUT2D eigenvalue weighted by Gasteiger charge is -2.08. The molecule has 0 fully saturated rings. The number of pyridine rings is 1. The molecule has 1 heterocycles. The van der Waals surface area contributed by atoms with Crippen LogP contribution in [0.1, 0.15) is 17.0 Å². The van der Waals surface area contributed by atoms with Gasteiger partial charge in [-0.05, 0) is 43.8 Å². The third kappa shape index (κ3) is 3.76. The van der Waals surface area contributed by atoms with Gasteiger partial charge in [0.2, 0.25) is 0 Å². The SMILES string of the molecule is CNCc1ccc(OCc2cccc(C)n2)c(F)c1. The zero-order valence-electron chi connectivity index (χ0n) is 11.1. The normalized spacial score (nSPS) is 10.5. The number of nitrogens with zero attached hydrogens (tertiary/aromatic N) is 1. The van der Waals surface area contributed by atoms with E-state index >= 15 is 0 Å². The van der Waals surface area contributed by atoms with Crippen molar-refractivity contribution in [2.75, 3.05) is 7.05 Å². The fraction of sp³-hybridized carbons (Fsp3) is 0.267. The number of halogens is 1. The van der Waals surface area contributed by atoms with E-state index in [4.69, 9.17) is 4.74 Å². The van der Waals surface area contributed by atoms with E-state index in [1.54, 1.807) is 6.07 Å². The Morgan fingerprint density at radius 2 is 2.11 bits per heavy atom. The Balaban J connectivity index is 2.03. The summed E-state index contributed by atoms with van der Waals surface area (Å²) in [4.78, 5) is 4.31. The lowest BCUT2D eigenvalue weighted by atomic mass is 10.2. The van der Waals surface area contributed by atoms with Crippen LogP contribution < -0.4 is 10.1 Å². The van der Waals surface area contributed by atoms with Gasteiger partial charge in [-0.25, -0.2) is 4.39 Å². The van der Waals surface area contributed by atoms with Crippen LogP contribution in [0.25, 0.3) is 0 Å². The summed E-state index contributed by atoms with van der Waals surface area (Å²) in [5.41, 5.74) is 2.60. The van der Waals surface area contributed by atoms with Crippen LogP contribution in [-0.4, -0.2) is 12.0 Å². The summed E-state index contributed by atoms with van der Waals surface area (Å²) >= 11 is 0. The molecule has 1 N–H and O–H groups in total. The second-order valence-corrected chi connectivity index (χ2v) is 4.35. The molecule has 0 amide bonds. The molecule has 0 atom stereocenters. The van der Waals surface area contributed by atoms with Crippen molar-refractivity contribution >= 4 is 0 Å². The van der Waals surface area contributed by atoms with Crippen molar-refractivity contribution in [3.63, 3.8) is 0 Å². The number of ether oxygens (including phenoxy) is 1. The van der Waals surface area contributed by atoms with Crippen molar-refractivity contribution in [2.24, 2.45) is 0 Å². The smallest absolute Gasteiger partial charge is 0.165 e. The average molecular weight is 260 g/mol. The molecule has 2 rings (SSSR count). The monoisotopic (exact) mass is 260 g/mol. The first-order valence-corrected chi connectivity index (χ1v) is 6.17. The number of hydrogen-bond acceptors (Lipinski definition) is 3. The second-order valence-electron chi connectivity index (χ2n) is 4.35. The van der Waals surface area contributed by atoms with E-state index in [0.29, 0.717) is 6.54 Å². The van der Waals surface area contributed by atoms with Gasteiger partial charge in [-0.15, -0.1) is 0 Å². The van der Waals surface area contributed by atoms with Gasteiger partial charge in [-0.1, -0.05) is 12.1 Å². The highest BCUT2D eigenvalue weighted by Gasteiger charge is 2.05. The number of aromatic nitrogens is 1. The first kappa shape index (κ1) is 13.5. The van der Waals surface area contributed by atoms with Crippen LogP contribution in [0.15, 0.2) is 36.4 Å². The predicted molar refractivity (Wildman–Crippen MR) is 72.5 cm³/mol. The average Bonchev–Trinajstić information content (AvgIpc) is 2.38. The minimum atomic E-state index is -0.347. The van der Waals surface area contributed by atoms with Crippen molar-refractivity contribution in [1.29, 1.82) is 0 Å². The molecule has 0 aliphatic heterocycles. The van der Waals surface area contributed by atoms with Gasteiger partial charge in [-0.3, -0.25) is 4.98 Å². The van der Waals surface area contributed by atoms with Gasteiger partial charge in [0.15, 0.2) is 11.6 Å². The molecule has 0 aliphatic carbocycles. The Morgan fingerprint density at radius 3 is 2.79 bits per heavy atom. The van der Waals surface area contributed by atoms with E-state index in [0.717, 1.165) is 17.0 Å². The summed E-state index contributed by atoms with van der Waals surface area (Å²) in [6, 6.07) is 10.7. The minimum absolute atomic E-state index is 0.253. The second kappa shape index (κ2) is 6.29. The number of benzene rings is 1. The van der Waals surface area contributed by atoms with E-state index in [1.807, 2.05) is 38.2 Å². The maximum absolute atomic E-state index is 13.8. The van der Waals surface area contributed by atoms with E-state index in [9.17, 15) is 4.39 Å². The molecule has 0 saturated heterocycles. The van der Waals surface area contributed by atoms with Gasteiger partial charge in [0.25, 0.3) is 0 Å². The zero-order chi connectivity index (χ0) is 13.7. The quantitative estimate of drug-likeness (QED) is 0.897. The minimum Gasteiger partial charge on any atom is -0.484 e. The summed E-state index contributed by atoms with van der Waals surface area (Å²) in [5, 5.41) is 2.98. The Hall–Kier alpha value is -1.94. The molecule has 0 saturated carbocycles. The number of nitrogens with one attached hydrogen (secondary N) is 1. The standard InChI is InChI=1S/C15H17FN2O/c1-11-4-3-5-13(18-11)10-19-15-7-6-12(9-17-2)8-14(15)16/h3-8,17H,9-10H2,1-2H3. The lowest BCUT2D eigenvalue weighted by molar-refractivity contribution is 0.285. The highest BCUT2D eigenvalue weighted by Crippen LogP contribution is 2.19. The first-order valence-electron chi connectivity index (χ1n) is 6.17. The van der Waals surface area contributed by atoms with Gasteiger partial charge in [-0.2, -0.15) is 0 Å². The van der Waals surface area contributed by atoms with Crippen LogP contribution in [0.3, 0.4) is 0 Å². The largest absolute Gasteiger partial charge is 0.484 e. The summed E-state index contributed by atoms with van der Waals surface area (Å²) in [6.07, 6.45) is 0. The Kier molecular flexibility index (Phi) is 4.47. The van der Waals surface area contributed by atoms with Crippen molar-refractivity contribution in [3.05, 3.63) is 59.2 Å². The molecule has 1 aromatic carbocycles. The van der Waals surface area contributed by atoms with Gasteiger partial charge in [0.1, 0.15) is 6.61 Å². The van der Waals surface area contributed by atoms with E-state index in [2.05, 4.69) is 10.3 Å². The van der Waals surface area contributed by atoms with Gasteiger partial charge in [0, 0.05) is 12.2 Å². The van der Waals surface area contributed by atoms with Crippen LogP contribution in [0.5, 0.6) is 5.75 Å². The van der Waals surface area contributed by atoms with Crippen LogP contribution in [0.4, 0.5) is 4.39 Å². The first-order chi connectivity index (χ1) is 9.19. The van der Waals surface area contributed by atoms with Crippen LogP contribution in [-0.2, 0) is 13.2 Å². The van der Waals surface area contributed by atoms with Crippen LogP contribution in [0, 0.1) is 12.7 Å². The Labute approximate surface area is 112 Å².